The summed E-state index contributed by atoms with van der Waals surface area (Å²) in [5.41, 5.74) is 1.27. The van der Waals surface area contributed by atoms with Crippen LogP contribution in [0.15, 0.2) is 52.9 Å². The van der Waals surface area contributed by atoms with E-state index in [0.29, 0.717) is 35.7 Å². The Bertz CT molecular complexity index is 1130. The van der Waals surface area contributed by atoms with Crippen LogP contribution in [0, 0.1) is 6.92 Å². The molecule has 0 aliphatic carbocycles. The second-order valence-electron chi connectivity index (χ2n) is 8.01. The van der Waals surface area contributed by atoms with E-state index < -0.39 is 17.8 Å². The Morgan fingerprint density at radius 3 is 2.70 bits per heavy atom. The fourth-order valence-electron chi connectivity index (χ4n) is 3.97. The van der Waals surface area contributed by atoms with Crippen molar-refractivity contribution in [1.82, 2.24) is 9.88 Å². The third kappa shape index (κ3) is 5.30. The molecule has 33 heavy (non-hydrogen) atoms. The Kier molecular flexibility index (Phi) is 6.31. The van der Waals surface area contributed by atoms with Gasteiger partial charge in [0.2, 0.25) is 5.89 Å². The minimum Gasteiger partial charge on any atom is -0.486 e. The average Bonchev–Trinajstić information content (AvgIpc) is 3.38. The Labute approximate surface area is 188 Å². The molecule has 0 spiro atoms. The van der Waals surface area contributed by atoms with Gasteiger partial charge >= 0.3 is 12.3 Å². The summed E-state index contributed by atoms with van der Waals surface area (Å²) in [7, 11) is 0. The highest BCUT2D eigenvalue weighted by Gasteiger charge is 2.30. The van der Waals surface area contributed by atoms with Gasteiger partial charge in [0.1, 0.15) is 12.4 Å². The lowest BCUT2D eigenvalue weighted by molar-refractivity contribution is -0.137. The lowest BCUT2D eigenvalue weighted by Crippen LogP contribution is -2.35. The van der Waals surface area contributed by atoms with Gasteiger partial charge in [0.05, 0.1) is 11.3 Å². The number of benzene rings is 2. The molecule has 0 bridgehead atoms. The van der Waals surface area contributed by atoms with Gasteiger partial charge in [-0.05, 0) is 68.1 Å². The Hall–Kier alpha value is -3.49. The molecule has 1 unspecified atom stereocenters. The van der Waals surface area contributed by atoms with Crippen LogP contribution in [0.3, 0.4) is 0 Å². The highest BCUT2D eigenvalue weighted by atomic mass is 19.4. The number of alkyl halides is 3. The average molecular weight is 460 g/mol. The van der Waals surface area contributed by atoms with Crippen LogP contribution in [0.5, 0.6) is 5.75 Å². The second kappa shape index (κ2) is 9.17. The molecule has 1 aliphatic rings. The molecule has 174 valence electrons. The Morgan fingerprint density at radius 1 is 1.24 bits per heavy atom. The van der Waals surface area contributed by atoms with Gasteiger partial charge in [0.15, 0.2) is 5.76 Å². The molecule has 2 aromatic carbocycles. The number of hydrogen-bond acceptors (Lipinski definition) is 4. The van der Waals surface area contributed by atoms with Crippen molar-refractivity contribution >= 4 is 6.09 Å². The first-order valence-corrected chi connectivity index (χ1v) is 10.6. The van der Waals surface area contributed by atoms with Gasteiger partial charge in [-0.25, -0.2) is 9.78 Å². The first-order valence-electron chi connectivity index (χ1n) is 10.6. The zero-order valence-corrected chi connectivity index (χ0v) is 17.9. The van der Waals surface area contributed by atoms with Crippen LogP contribution in [-0.2, 0) is 19.2 Å². The van der Waals surface area contributed by atoms with Crippen molar-refractivity contribution in [1.29, 1.82) is 0 Å². The lowest BCUT2D eigenvalue weighted by atomic mass is 10.0. The van der Waals surface area contributed by atoms with Crippen LogP contribution in [0.4, 0.5) is 18.0 Å². The number of rotatable bonds is 6. The number of likely N-dealkylation sites (tertiary alicyclic amines) is 1. The number of carboxylic acid groups (broad SMARTS) is 1. The maximum absolute atomic E-state index is 12.8. The van der Waals surface area contributed by atoms with Crippen molar-refractivity contribution in [2.45, 2.75) is 45.0 Å². The molecule has 1 aromatic heterocycles. The second-order valence-corrected chi connectivity index (χ2v) is 8.01. The summed E-state index contributed by atoms with van der Waals surface area (Å²) in [4.78, 5) is 17.1. The standard InChI is InChI=1S/C24H23F3N2O4/c1-15-21(33-22(28-15)17-7-9-18(10-8-17)24(25,26)27)14-32-20-6-2-4-16(13-20)12-19-5-3-11-29(19)23(30)31/h2,4,6-10,13,19H,3,5,11-12,14H2,1H3,(H,30,31). The number of nitrogens with zero attached hydrogens (tertiary/aromatic N) is 2. The fraction of sp³-hybridized carbons (Fsp3) is 0.333. The molecule has 1 fully saturated rings. The Balaban J connectivity index is 1.41. The van der Waals surface area contributed by atoms with Gasteiger partial charge in [0, 0.05) is 18.2 Å². The summed E-state index contributed by atoms with van der Waals surface area (Å²) in [5, 5.41) is 9.32. The third-order valence-corrected chi connectivity index (χ3v) is 5.71. The molecule has 0 radical (unpaired) electrons. The van der Waals surface area contributed by atoms with Gasteiger partial charge in [-0.3, -0.25) is 0 Å². The number of aromatic nitrogens is 1. The van der Waals surface area contributed by atoms with E-state index >= 15 is 0 Å². The van der Waals surface area contributed by atoms with Gasteiger partial charge < -0.3 is 19.2 Å². The van der Waals surface area contributed by atoms with E-state index in [0.717, 1.165) is 30.5 Å². The van der Waals surface area contributed by atoms with E-state index in [1.807, 2.05) is 18.2 Å². The van der Waals surface area contributed by atoms with E-state index in [1.54, 1.807) is 13.0 Å². The molecule has 0 saturated carbocycles. The molecule has 1 amide bonds. The van der Waals surface area contributed by atoms with Crippen molar-refractivity contribution in [3.8, 4) is 17.2 Å². The monoisotopic (exact) mass is 460 g/mol. The van der Waals surface area contributed by atoms with E-state index in [9.17, 15) is 23.1 Å². The molecule has 1 N–H and O–H groups in total. The van der Waals surface area contributed by atoms with Gasteiger partial charge in [-0.1, -0.05) is 12.1 Å². The number of carbonyl (C=O) groups is 1. The Morgan fingerprint density at radius 2 is 2.00 bits per heavy atom. The summed E-state index contributed by atoms with van der Waals surface area (Å²) < 4.78 is 49.9. The topological polar surface area (TPSA) is 75.8 Å². The largest absolute Gasteiger partial charge is 0.486 e. The van der Waals surface area contributed by atoms with Crippen LogP contribution in [0.2, 0.25) is 0 Å². The SMILES string of the molecule is Cc1nc(-c2ccc(C(F)(F)F)cc2)oc1COc1cccc(CC2CCCN2C(=O)O)c1. The highest BCUT2D eigenvalue weighted by molar-refractivity contribution is 5.65. The summed E-state index contributed by atoms with van der Waals surface area (Å²) in [5.74, 6) is 1.31. The maximum Gasteiger partial charge on any atom is 0.416 e. The molecule has 3 aromatic rings. The van der Waals surface area contributed by atoms with Gasteiger partial charge in [-0.15, -0.1) is 0 Å². The van der Waals surface area contributed by atoms with E-state index in [4.69, 9.17) is 9.15 Å². The molecular weight excluding hydrogens is 437 g/mol. The number of aryl methyl sites for hydroxylation is 1. The van der Waals surface area contributed by atoms with Crippen LogP contribution in [0.1, 0.15) is 35.4 Å². The highest BCUT2D eigenvalue weighted by Crippen LogP contribution is 2.31. The molecule has 2 heterocycles. The molecular formula is C24H23F3N2O4. The van der Waals surface area contributed by atoms with Crippen LogP contribution >= 0.6 is 0 Å². The van der Waals surface area contributed by atoms with E-state index in [-0.39, 0.29) is 18.5 Å². The van der Waals surface area contributed by atoms with Crippen LogP contribution in [0.25, 0.3) is 11.5 Å². The van der Waals surface area contributed by atoms with Crippen molar-refractivity contribution in [3.63, 3.8) is 0 Å². The van der Waals surface area contributed by atoms with Gasteiger partial charge in [0.25, 0.3) is 0 Å². The van der Waals surface area contributed by atoms with Crippen molar-refractivity contribution < 1.29 is 32.2 Å². The zero-order valence-electron chi connectivity index (χ0n) is 17.9. The van der Waals surface area contributed by atoms with Crippen LogP contribution in [-0.4, -0.2) is 33.7 Å². The number of amides is 1. The molecule has 1 atom stereocenters. The van der Waals surface area contributed by atoms with Crippen LogP contribution < -0.4 is 4.74 Å². The lowest BCUT2D eigenvalue weighted by Gasteiger charge is -2.21. The molecule has 6 nitrogen and oxygen atoms in total. The third-order valence-electron chi connectivity index (χ3n) is 5.71. The first kappa shape index (κ1) is 22.7. The maximum atomic E-state index is 12.8. The zero-order chi connectivity index (χ0) is 23.6. The molecule has 1 aliphatic heterocycles. The van der Waals surface area contributed by atoms with E-state index in [1.165, 1.54) is 17.0 Å². The fourth-order valence-corrected chi connectivity index (χ4v) is 3.97. The predicted molar refractivity (Wildman–Crippen MR) is 114 cm³/mol. The normalized spacial score (nSPS) is 16.2. The number of ether oxygens (including phenoxy) is 1. The summed E-state index contributed by atoms with van der Waals surface area (Å²) in [6.07, 6.45) is -2.99. The first-order chi connectivity index (χ1) is 15.7. The number of oxazole rings is 1. The molecule has 9 heteroatoms. The minimum absolute atomic E-state index is 0.0411. The summed E-state index contributed by atoms with van der Waals surface area (Å²) >= 11 is 0. The number of hydrogen-bond donors (Lipinski definition) is 1. The quantitative estimate of drug-likeness (QED) is 0.493. The smallest absolute Gasteiger partial charge is 0.416 e. The molecule has 4 rings (SSSR count). The van der Waals surface area contributed by atoms with Crippen molar-refractivity contribution in [3.05, 3.63) is 71.1 Å². The van der Waals surface area contributed by atoms with Crippen molar-refractivity contribution in [2.75, 3.05) is 6.54 Å². The summed E-state index contributed by atoms with van der Waals surface area (Å²) in [6.45, 7) is 2.41. The summed E-state index contributed by atoms with van der Waals surface area (Å²) in [6, 6.07) is 12.1. The predicted octanol–water partition coefficient (Wildman–Crippen LogP) is 5.93. The van der Waals surface area contributed by atoms with Gasteiger partial charge in [-0.2, -0.15) is 13.2 Å². The van der Waals surface area contributed by atoms with Crippen molar-refractivity contribution in [2.24, 2.45) is 0 Å². The number of halogens is 3. The molecule has 1 saturated heterocycles. The van der Waals surface area contributed by atoms with E-state index in [2.05, 4.69) is 4.98 Å². The minimum atomic E-state index is -4.40.